The average Bonchev–Trinajstić information content (AvgIpc) is 2.72. The van der Waals surface area contributed by atoms with Crippen LogP contribution in [0.4, 0.5) is 5.69 Å². The standard InChI is InChI=1S/C20H18Cl2N4O3/c21-15-4-6-16(7-5-15)29-9-8-26-20(28)18(22)17(12-25-26)24-11-13-2-1-3-14(10-13)19(23)27/h1-7,10,12,24H,8-9,11H2,(H2,23,27). The van der Waals surface area contributed by atoms with Gasteiger partial charge in [-0.05, 0) is 42.0 Å². The highest BCUT2D eigenvalue weighted by atomic mass is 35.5. The fraction of sp³-hybridized carbons (Fsp3) is 0.150. The van der Waals surface area contributed by atoms with Gasteiger partial charge in [0.2, 0.25) is 5.91 Å². The second-order valence-electron chi connectivity index (χ2n) is 6.12. The normalized spacial score (nSPS) is 10.6. The molecule has 0 aliphatic heterocycles. The lowest BCUT2D eigenvalue weighted by molar-refractivity contribution is 0.1000. The lowest BCUT2D eigenvalue weighted by Crippen LogP contribution is -2.26. The van der Waals surface area contributed by atoms with Crippen LogP contribution in [0.3, 0.4) is 0 Å². The van der Waals surface area contributed by atoms with Crippen LogP contribution in [0.25, 0.3) is 0 Å². The number of nitrogens with zero attached hydrogens (tertiary/aromatic N) is 2. The lowest BCUT2D eigenvalue weighted by atomic mass is 10.1. The SMILES string of the molecule is NC(=O)c1cccc(CNc2cnn(CCOc3ccc(Cl)cc3)c(=O)c2Cl)c1. The summed E-state index contributed by atoms with van der Waals surface area (Å²) in [6, 6.07) is 13.8. The van der Waals surface area contributed by atoms with Gasteiger partial charge < -0.3 is 15.8 Å². The van der Waals surface area contributed by atoms with Crippen LogP contribution in [-0.4, -0.2) is 22.3 Å². The van der Waals surface area contributed by atoms with Gasteiger partial charge in [0, 0.05) is 17.1 Å². The number of ether oxygens (including phenoxy) is 1. The van der Waals surface area contributed by atoms with E-state index in [1.165, 1.54) is 10.9 Å². The zero-order chi connectivity index (χ0) is 20.8. The third-order valence-electron chi connectivity index (χ3n) is 4.06. The van der Waals surface area contributed by atoms with Gasteiger partial charge in [0.25, 0.3) is 5.56 Å². The smallest absolute Gasteiger partial charge is 0.287 e. The minimum Gasteiger partial charge on any atom is -0.492 e. The quantitative estimate of drug-likeness (QED) is 0.568. The molecule has 3 N–H and O–H groups in total. The Bertz CT molecular complexity index is 1070. The van der Waals surface area contributed by atoms with E-state index in [1.807, 2.05) is 6.07 Å². The van der Waals surface area contributed by atoms with E-state index in [0.29, 0.717) is 28.6 Å². The van der Waals surface area contributed by atoms with Crippen LogP contribution in [0.2, 0.25) is 10.0 Å². The molecule has 1 amide bonds. The van der Waals surface area contributed by atoms with Gasteiger partial charge in [-0.2, -0.15) is 5.10 Å². The Kier molecular flexibility index (Phi) is 6.74. The lowest BCUT2D eigenvalue weighted by Gasteiger charge is -2.11. The maximum atomic E-state index is 12.4. The number of anilines is 1. The van der Waals surface area contributed by atoms with Crippen molar-refractivity contribution >= 4 is 34.8 Å². The Morgan fingerprint density at radius 3 is 2.66 bits per heavy atom. The number of amides is 1. The van der Waals surface area contributed by atoms with Gasteiger partial charge in [-0.25, -0.2) is 4.68 Å². The van der Waals surface area contributed by atoms with Crippen molar-refractivity contribution in [2.75, 3.05) is 11.9 Å². The number of primary amides is 1. The Balaban J connectivity index is 1.61. The third kappa shape index (κ3) is 5.49. The molecule has 7 nitrogen and oxygen atoms in total. The van der Waals surface area contributed by atoms with E-state index in [0.717, 1.165) is 5.56 Å². The summed E-state index contributed by atoms with van der Waals surface area (Å²) in [6.45, 7) is 0.839. The molecule has 0 spiro atoms. The number of hydrogen-bond acceptors (Lipinski definition) is 5. The molecular weight excluding hydrogens is 415 g/mol. The van der Waals surface area contributed by atoms with Crippen LogP contribution in [-0.2, 0) is 13.1 Å². The topological polar surface area (TPSA) is 99.2 Å². The number of nitrogens with one attached hydrogen (secondary N) is 1. The number of hydrogen-bond donors (Lipinski definition) is 2. The fourth-order valence-electron chi connectivity index (χ4n) is 2.56. The van der Waals surface area contributed by atoms with Crippen LogP contribution < -0.4 is 21.3 Å². The number of aromatic nitrogens is 2. The molecule has 150 valence electrons. The van der Waals surface area contributed by atoms with Gasteiger partial charge in [-0.3, -0.25) is 9.59 Å². The molecule has 0 unspecified atom stereocenters. The number of carbonyl (C=O) groups excluding carboxylic acids is 1. The van der Waals surface area contributed by atoms with E-state index >= 15 is 0 Å². The van der Waals surface area contributed by atoms with E-state index in [9.17, 15) is 9.59 Å². The summed E-state index contributed by atoms with van der Waals surface area (Å²) in [5, 5.41) is 7.81. The molecule has 29 heavy (non-hydrogen) atoms. The molecule has 0 saturated heterocycles. The minimum absolute atomic E-state index is 0.0255. The Morgan fingerprint density at radius 1 is 1.17 bits per heavy atom. The van der Waals surface area contributed by atoms with Crippen molar-refractivity contribution in [3.05, 3.63) is 86.3 Å². The summed E-state index contributed by atoms with van der Waals surface area (Å²) in [7, 11) is 0. The summed E-state index contributed by atoms with van der Waals surface area (Å²) in [4.78, 5) is 23.7. The highest BCUT2D eigenvalue weighted by Gasteiger charge is 2.10. The first-order valence-corrected chi connectivity index (χ1v) is 9.46. The molecule has 0 aliphatic carbocycles. The predicted octanol–water partition coefficient (Wildman–Crippen LogP) is 3.34. The van der Waals surface area contributed by atoms with Crippen molar-refractivity contribution in [1.29, 1.82) is 0 Å². The van der Waals surface area contributed by atoms with Crippen molar-refractivity contribution in [2.45, 2.75) is 13.1 Å². The first-order valence-electron chi connectivity index (χ1n) is 8.70. The summed E-state index contributed by atoms with van der Waals surface area (Å²) >= 11 is 12.0. The molecule has 1 heterocycles. The first kappa shape index (κ1) is 20.7. The van der Waals surface area contributed by atoms with Gasteiger partial charge in [0.15, 0.2) is 0 Å². The summed E-state index contributed by atoms with van der Waals surface area (Å²) in [5.41, 5.74) is 6.48. The molecule has 1 aromatic heterocycles. The number of carbonyl (C=O) groups is 1. The van der Waals surface area contributed by atoms with Gasteiger partial charge in [0.05, 0.1) is 18.4 Å². The van der Waals surface area contributed by atoms with Gasteiger partial charge in [-0.15, -0.1) is 0 Å². The number of nitrogens with two attached hydrogens (primary N) is 1. The molecule has 0 aliphatic rings. The van der Waals surface area contributed by atoms with E-state index in [1.54, 1.807) is 42.5 Å². The molecule has 3 rings (SSSR count). The van der Waals surface area contributed by atoms with Crippen LogP contribution in [0.1, 0.15) is 15.9 Å². The Hall–Kier alpha value is -3.03. The largest absolute Gasteiger partial charge is 0.492 e. The van der Waals surface area contributed by atoms with Crippen LogP contribution in [0.15, 0.2) is 59.5 Å². The van der Waals surface area contributed by atoms with E-state index in [4.69, 9.17) is 33.7 Å². The van der Waals surface area contributed by atoms with Gasteiger partial charge >= 0.3 is 0 Å². The van der Waals surface area contributed by atoms with Gasteiger partial charge in [-0.1, -0.05) is 35.3 Å². The molecule has 9 heteroatoms. The van der Waals surface area contributed by atoms with Crippen molar-refractivity contribution in [1.82, 2.24) is 9.78 Å². The highest BCUT2D eigenvalue weighted by molar-refractivity contribution is 6.32. The molecule has 0 bridgehead atoms. The molecule has 2 aromatic carbocycles. The van der Waals surface area contributed by atoms with E-state index in [-0.39, 0.29) is 18.2 Å². The van der Waals surface area contributed by atoms with Crippen LogP contribution in [0.5, 0.6) is 5.75 Å². The second kappa shape index (κ2) is 9.45. The summed E-state index contributed by atoms with van der Waals surface area (Å²) in [5.74, 6) is 0.139. The molecular formula is C20H18Cl2N4O3. The molecule has 0 atom stereocenters. The number of rotatable bonds is 8. The molecule has 0 radical (unpaired) electrons. The summed E-state index contributed by atoms with van der Waals surface area (Å²) in [6.07, 6.45) is 1.48. The maximum absolute atomic E-state index is 12.4. The zero-order valence-electron chi connectivity index (χ0n) is 15.3. The fourth-order valence-corrected chi connectivity index (χ4v) is 2.90. The van der Waals surface area contributed by atoms with Crippen molar-refractivity contribution < 1.29 is 9.53 Å². The number of benzene rings is 2. The Morgan fingerprint density at radius 2 is 1.93 bits per heavy atom. The van der Waals surface area contributed by atoms with Crippen LogP contribution >= 0.6 is 23.2 Å². The van der Waals surface area contributed by atoms with E-state index in [2.05, 4.69) is 10.4 Å². The van der Waals surface area contributed by atoms with Crippen molar-refractivity contribution in [3.8, 4) is 5.75 Å². The monoisotopic (exact) mass is 432 g/mol. The molecule has 3 aromatic rings. The second-order valence-corrected chi connectivity index (χ2v) is 6.94. The predicted molar refractivity (Wildman–Crippen MR) is 113 cm³/mol. The van der Waals surface area contributed by atoms with E-state index < -0.39 is 11.5 Å². The van der Waals surface area contributed by atoms with Gasteiger partial charge in [0.1, 0.15) is 17.4 Å². The summed E-state index contributed by atoms with van der Waals surface area (Å²) < 4.78 is 6.80. The Labute approximate surface area is 177 Å². The zero-order valence-corrected chi connectivity index (χ0v) is 16.8. The number of halogens is 2. The maximum Gasteiger partial charge on any atom is 0.287 e. The molecule has 0 fully saturated rings. The first-order chi connectivity index (χ1) is 13.9. The highest BCUT2D eigenvalue weighted by Crippen LogP contribution is 2.18. The van der Waals surface area contributed by atoms with Crippen molar-refractivity contribution in [2.24, 2.45) is 5.73 Å². The average molecular weight is 433 g/mol. The van der Waals surface area contributed by atoms with Crippen LogP contribution in [0, 0.1) is 0 Å². The molecule has 0 saturated carbocycles. The van der Waals surface area contributed by atoms with Crippen molar-refractivity contribution in [3.63, 3.8) is 0 Å². The minimum atomic E-state index is -0.505. The third-order valence-corrected chi connectivity index (χ3v) is 4.68.